The molecule has 0 aromatic heterocycles. The molecule has 3 N–H and O–H groups in total. The number of aliphatic hydroxyl groups excluding tert-OH is 1. The maximum absolute atomic E-state index is 13.3. The number of nitrogens with two attached hydrogens (primary N) is 1. The highest BCUT2D eigenvalue weighted by atomic mass is 35.5. The van der Waals surface area contributed by atoms with Gasteiger partial charge in [-0.1, -0.05) is 23.2 Å². The minimum atomic E-state index is -0.633. The third-order valence-electron chi connectivity index (χ3n) is 1.89. The van der Waals surface area contributed by atoms with Crippen LogP contribution in [0.25, 0.3) is 0 Å². The van der Waals surface area contributed by atoms with Gasteiger partial charge in [-0.2, -0.15) is 0 Å². The standard InChI is InChI=1S/C9H10Cl2FNO.ClH/c10-5-1-2-6(12)8(9(5)11)7(13)3-4-14;/h1-2,7,14H,3-4,13H2;1H/t7-;/m1./s1. The molecule has 1 aromatic rings. The Hall–Kier alpha value is -0.0600. The van der Waals surface area contributed by atoms with Crippen LogP contribution in [-0.2, 0) is 0 Å². The van der Waals surface area contributed by atoms with E-state index in [1.807, 2.05) is 0 Å². The molecule has 2 nitrogen and oxygen atoms in total. The van der Waals surface area contributed by atoms with Gasteiger partial charge in [0.25, 0.3) is 0 Å². The van der Waals surface area contributed by atoms with Gasteiger partial charge in [-0.05, 0) is 18.6 Å². The fraction of sp³-hybridized carbons (Fsp3) is 0.333. The summed E-state index contributed by atoms with van der Waals surface area (Å²) in [6.45, 7) is -0.122. The van der Waals surface area contributed by atoms with E-state index in [2.05, 4.69) is 0 Å². The maximum Gasteiger partial charge on any atom is 0.129 e. The summed E-state index contributed by atoms with van der Waals surface area (Å²) in [5.74, 6) is -0.500. The molecule has 0 aliphatic carbocycles. The summed E-state index contributed by atoms with van der Waals surface area (Å²) in [7, 11) is 0. The Morgan fingerprint density at radius 1 is 1.40 bits per heavy atom. The smallest absolute Gasteiger partial charge is 0.129 e. The molecule has 0 spiro atoms. The molecule has 0 aliphatic rings. The van der Waals surface area contributed by atoms with E-state index in [9.17, 15) is 4.39 Å². The molecule has 1 atom stereocenters. The van der Waals surface area contributed by atoms with Crippen LogP contribution in [0.2, 0.25) is 10.0 Å². The molecule has 6 heteroatoms. The summed E-state index contributed by atoms with van der Waals surface area (Å²) < 4.78 is 13.3. The zero-order chi connectivity index (χ0) is 10.7. The fourth-order valence-electron chi connectivity index (χ4n) is 1.17. The van der Waals surface area contributed by atoms with Crippen molar-refractivity contribution in [3.05, 3.63) is 33.6 Å². The highest BCUT2D eigenvalue weighted by molar-refractivity contribution is 6.42. The van der Waals surface area contributed by atoms with Crippen molar-refractivity contribution in [1.82, 2.24) is 0 Å². The Morgan fingerprint density at radius 3 is 2.53 bits per heavy atom. The van der Waals surface area contributed by atoms with Gasteiger partial charge in [0.1, 0.15) is 5.82 Å². The van der Waals surface area contributed by atoms with Gasteiger partial charge in [0.05, 0.1) is 10.0 Å². The van der Waals surface area contributed by atoms with Gasteiger partial charge in [0.2, 0.25) is 0 Å². The molecule has 0 amide bonds. The van der Waals surface area contributed by atoms with Crippen molar-refractivity contribution in [2.45, 2.75) is 12.5 Å². The van der Waals surface area contributed by atoms with Crippen LogP contribution in [0.15, 0.2) is 12.1 Å². The van der Waals surface area contributed by atoms with Crippen LogP contribution in [0.5, 0.6) is 0 Å². The molecule has 0 bridgehead atoms. The molecule has 0 radical (unpaired) electrons. The van der Waals surface area contributed by atoms with Gasteiger partial charge >= 0.3 is 0 Å². The highest BCUT2D eigenvalue weighted by Gasteiger charge is 2.17. The molecule has 0 saturated carbocycles. The lowest BCUT2D eigenvalue weighted by atomic mass is 10.0. The first kappa shape index (κ1) is 14.9. The third-order valence-corrected chi connectivity index (χ3v) is 2.71. The van der Waals surface area contributed by atoms with Gasteiger partial charge in [0.15, 0.2) is 0 Å². The maximum atomic E-state index is 13.3. The summed E-state index contributed by atoms with van der Waals surface area (Å²) in [4.78, 5) is 0. The van der Waals surface area contributed by atoms with Gasteiger partial charge in [-0.25, -0.2) is 4.39 Å². The van der Waals surface area contributed by atoms with Crippen LogP contribution < -0.4 is 5.73 Å². The van der Waals surface area contributed by atoms with E-state index in [0.29, 0.717) is 0 Å². The number of hydrogen-bond acceptors (Lipinski definition) is 2. The van der Waals surface area contributed by atoms with Crippen LogP contribution in [0.1, 0.15) is 18.0 Å². The summed E-state index contributed by atoms with van der Waals surface area (Å²) in [5, 5.41) is 9.05. The average molecular weight is 275 g/mol. The Bertz CT molecular complexity index is 335. The van der Waals surface area contributed by atoms with E-state index in [4.69, 9.17) is 34.0 Å². The Balaban J connectivity index is 0.00000196. The number of benzene rings is 1. The van der Waals surface area contributed by atoms with Gasteiger partial charge in [-0.15, -0.1) is 12.4 Å². The molecular weight excluding hydrogens is 263 g/mol. The van der Waals surface area contributed by atoms with E-state index in [1.54, 1.807) is 0 Å². The number of rotatable bonds is 3. The molecule has 0 saturated heterocycles. The first-order valence-corrected chi connectivity index (χ1v) is 4.83. The van der Waals surface area contributed by atoms with Crippen LogP contribution in [0.3, 0.4) is 0 Å². The van der Waals surface area contributed by atoms with Gasteiger partial charge in [0, 0.05) is 18.2 Å². The van der Waals surface area contributed by atoms with Crippen molar-refractivity contribution >= 4 is 35.6 Å². The SMILES string of the molecule is Cl.N[C@H](CCO)c1c(F)ccc(Cl)c1Cl. The normalized spacial score (nSPS) is 12.1. The molecule has 0 fully saturated rings. The second-order valence-electron chi connectivity index (χ2n) is 2.88. The van der Waals surface area contributed by atoms with Crippen LogP contribution in [0.4, 0.5) is 4.39 Å². The van der Waals surface area contributed by atoms with Crippen molar-refractivity contribution in [2.75, 3.05) is 6.61 Å². The second kappa shape index (κ2) is 6.51. The quantitative estimate of drug-likeness (QED) is 0.833. The Morgan fingerprint density at radius 2 is 2.00 bits per heavy atom. The summed E-state index contributed by atoms with van der Waals surface area (Å²) in [5.41, 5.74) is 5.79. The van der Waals surface area contributed by atoms with E-state index in [1.165, 1.54) is 12.1 Å². The van der Waals surface area contributed by atoms with E-state index < -0.39 is 11.9 Å². The lowest BCUT2D eigenvalue weighted by molar-refractivity contribution is 0.275. The van der Waals surface area contributed by atoms with E-state index in [0.717, 1.165) is 0 Å². The second-order valence-corrected chi connectivity index (χ2v) is 3.66. The Labute approximate surface area is 104 Å². The molecule has 0 unspecified atom stereocenters. The average Bonchev–Trinajstić information content (AvgIpc) is 2.13. The Kier molecular flexibility index (Phi) is 6.48. The van der Waals surface area contributed by atoms with Gasteiger partial charge < -0.3 is 10.8 Å². The third kappa shape index (κ3) is 3.47. The first-order valence-electron chi connectivity index (χ1n) is 4.07. The fourth-order valence-corrected chi connectivity index (χ4v) is 1.62. The summed E-state index contributed by atoms with van der Waals surface area (Å²) >= 11 is 11.5. The van der Waals surface area contributed by atoms with Crippen LogP contribution in [0, 0.1) is 5.82 Å². The van der Waals surface area contributed by atoms with Crippen molar-refractivity contribution in [3.63, 3.8) is 0 Å². The number of halogens is 4. The minimum absolute atomic E-state index is 0. The van der Waals surface area contributed by atoms with Crippen molar-refractivity contribution in [3.8, 4) is 0 Å². The lowest BCUT2D eigenvalue weighted by Crippen LogP contribution is -2.14. The van der Waals surface area contributed by atoms with E-state index in [-0.39, 0.29) is 41.0 Å². The topological polar surface area (TPSA) is 46.2 Å². The minimum Gasteiger partial charge on any atom is -0.396 e. The van der Waals surface area contributed by atoms with Gasteiger partial charge in [-0.3, -0.25) is 0 Å². The highest BCUT2D eigenvalue weighted by Crippen LogP contribution is 2.32. The van der Waals surface area contributed by atoms with Crippen molar-refractivity contribution < 1.29 is 9.50 Å². The predicted octanol–water partition coefficient (Wildman–Crippen LogP) is 2.94. The molecule has 1 aromatic carbocycles. The molecule has 0 heterocycles. The molecule has 0 aliphatic heterocycles. The zero-order valence-electron chi connectivity index (χ0n) is 7.71. The van der Waals surface area contributed by atoms with E-state index >= 15 is 0 Å². The number of hydrogen-bond donors (Lipinski definition) is 2. The van der Waals surface area contributed by atoms with Crippen molar-refractivity contribution in [2.24, 2.45) is 5.73 Å². The first-order chi connectivity index (χ1) is 6.57. The van der Waals surface area contributed by atoms with Crippen molar-refractivity contribution in [1.29, 1.82) is 0 Å². The summed E-state index contributed by atoms with van der Waals surface area (Å²) in [6, 6.07) is 1.95. The number of aliphatic hydroxyl groups is 1. The van der Waals surface area contributed by atoms with Crippen LogP contribution >= 0.6 is 35.6 Å². The zero-order valence-corrected chi connectivity index (χ0v) is 10.0. The monoisotopic (exact) mass is 273 g/mol. The predicted molar refractivity (Wildman–Crippen MR) is 62.3 cm³/mol. The molecule has 86 valence electrons. The molecule has 15 heavy (non-hydrogen) atoms. The largest absolute Gasteiger partial charge is 0.396 e. The summed E-state index contributed by atoms with van der Waals surface area (Å²) in [6.07, 6.45) is 0.247. The van der Waals surface area contributed by atoms with Crippen LogP contribution in [-0.4, -0.2) is 11.7 Å². The lowest BCUT2D eigenvalue weighted by Gasteiger charge is -2.13. The molecular formula is C9H11Cl3FNO. The molecule has 1 rings (SSSR count).